The number of amides is 2. The number of hydrogen-bond donors (Lipinski definition) is 3. The Morgan fingerprint density at radius 1 is 1.44 bits per heavy atom. The first kappa shape index (κ1) is 14.7. The van der Waals surface area contributed by atoms with Crippen LogP contribution in [0.3, 0.4) is 0 Å². The normalized spacial score (nSPS) is 18.4. The van der Waals surface area contributed by atoms with Crippen molar-refractivity contribution >= 4 is 12.0 Å². The highest BCUT2D eigenvalue weighted by Gasteiger charge is 2.22. The van der Waals surface area contributed by atoms with Crippen molar-refractivity contribution in [3.8, 4) is 0 Å². The average molecular weight is 260 g/mol. The lowest BCUT2D eigenvalue weighted by Crippen LogP contribution is -2.46. The van der Waals surface area contributed by atoms with E-state index in [2.05, 4.69) is 5.32 Å². The molecule has 1 unspecified atom stereocenters. The smallest absolute Gasteiger partial charge is 0.332 e. The third kappa shape index (κ3) is 4.50. The first-order valence-corrected chi connectivity index (χ1v) is 6.01. The van der Waals surface area contributed by atoms with Crippen LogP contribution in [0.5, 0.6) is 0 Å². The van der Waals surface area contributed by atoms with Crippen LogP contribution >= 0.6 is 0 Å². The van der Waals surface area contributed by atoms with Crippen LogP contribution in [-0.4, -0.2) is 66.1 Å². The lowest BCUT2D eigenvalue weighted by Gasteiger charge is -2.31. The van der Waals surface area contributed by atoms with Gasteiger partial charge in [-0.2, -0.15) is 0 Å². The molecule has 0 bridgehead atoms. The summed E-state index contributed by atoms with van der Waals surface area (Å²) in [6.45, 7) is 1.41. The molecule has 0 aromatic carbocycles. The minimum Gasteiger partial charge on any atom is -0.479 e. The SMILES string of the molecule is COC1CCN(C(=O)NCCC(O)C(=O)O)CC1. The molecule has 0 aromatic rings. The minimum atomic E-state index is -1.43. The fourth-order valence-electron chi connectivity index (χ4n) is 1.85. The molecule has 1 atom stereocenters. The zero-order valence-corrected chi connectivity index (χ0v) is 10.5. The number of carbonyl (C=O) groups is 2. The standard InChI is InChI=1S/C11H20N2O5/c1-18-8-3-6-13(7-4-8)11(17)12-5-2-9(14)10(15)16/h8-9,14H,2-7H2,1H3,(H,12,17)(H,15,16). The number of nitrogens with zero attached hydrogens (tertiary/aromatic N) is 1. The summed E-state index contributed by atoms with van der Waals surface area (Å²) < 4.78 is 5.20. The van der Waals surface area contributed by atoms with E-state index in [-0.39, 0.29) is 25.1 Å². The van der Waals surface area contributed by atoms with E-state index in [1.807, 2.05) is 0 Å². The monoisotopic (exact) mass is 260 g/mol. The number of rotatable bonds is 5. The molecule has 104 valence electrons. The van der Waals surface area contributed by atoms with Crippen molar-refractivity contribution < 1.29 is 24.5 Å². The highest BCUT2D eigenvalue weighted by atomic mass is 16.5. The van der Waals surface area contributed by atoms with Gasteiger partial charge in [0.1, 0.15) is 0 Å². The van der Waals surface area contributed by atoms with Gasteiger partial charge in [0, 0.05) is 33.2 Å². The number of aliphatic carboxylic acids is 1. The number of urea groups is 1. The van der Waals surface area contributed by atoms with E-state index in [0.717, 1.165) is 12.8 Å². The van der Waals surface area contributed by atoms with Gasteiger partial charge in [0.05, 0.1) is 6.10 Å². The van der Waals surface area contributed by atoms with Gasteiger partial charge in [-0.15, -0.1) is 0 Å². The molecule has 7 nitrogen and oxygen atoms in total. The maximum atomic E-state index is 11.7. The number of aliphatic hydroxyl groups excluding tert-OH is 1. The summed E-state index contributed by atoms with van der Waals surface area (Å²) in [5, 5.41) is 20.1. The Balaban J connectivity index is 2.19. The van der Waals surface area contributed by atoms with E-state index < -0.39 is 12.1 Å². The molecule has 0 radical (unpaired) electrons. The van der Waals surface area contributed by atoms with Crippen molar-refractivity contribution in [1.82, 2.24) is 10.2 Å². The summed E-state index contributed by atoms with van der Waals surface area (Å²) in [6.07, 6.45) is 0.409. The number of likely N-dealkylation sites (tertiary alicyclic amines) is 1. The Morgan fingerprint density at radius 3 is 2.56 bits per heavy atom. The van der Waals surface area contributed by atoms with Crippen molar-refractivity contribution in [1.29, 1.82) is 0 Å². The number of ether oxygens (including phenoxy) is 1. The second-order valence-electron chi connectivity index (χ2n) is 4.30. The summed E-state index contributed by atoms with van der Waals surface area (Å²) in [5.74, 6) is -1.27. The molecule has 1 heterocycles. The summed E-state index contributed by atoms with van der Waals surface area (Å²) in [4.78, 5) is 23.7. The number of methoxy groups -OCH3 is 1. The van der Waals surface area contributed by atoms with Gasteiger partial charge in [0.25, 0.3) is 0 Å². The summed E-state index contributed by atoms with van der Waals surface area (Å²) in [6, 6.07) is -0.220. The van der Waals surface area contributed by atoms with Crippen LogP contribution in [0.25, 0.3) is 0 Å². The molecule has 18 heavy (non-hydrogen) atoms. The van der Waals surface area contributed by atoms with Crippen molar-refractivity contribution in [2.45, 2.75) is 31.5 Å². The van der Waals surface area contributed by atoms with Gasteiger partial charge in [0.2, 0.25) is 0 Å². The van der Waals surface area contributed by atoms with Crippen LogP contribution in [0.1, 0.15) is 19.3 Å². The highest BCUT2D eigenvalue weighted by molar-refractivity contribution is 5.74. The molecule has 7 heteroatoms. The van der Waals surface area contributed by atoms with Crippen LogP contribution in [0.15, 0.2) is 0 Å². The number of carboxylic acid groups (broad SMARTS) is 1. The van der Waals surface area contributed by atoms with Gasteiger partial charge in [0.15, 0.2) is 6.10 Å². The molecule has 3 N–H and O–H groups in total. The predicted octanol–water partition coefficient (Wildman–Crippen LogP) is -0.358. The zero-order valence-electron chi connectivity index (χ0n) is 10.5. The zero-order chi connectivity index (χ0) is 13.5. The van der Waals surface area contributed by atoms with Gasteiger partial charge < -0.3 is 25.2 Å². The second-order valence-corrected chi connectivity index (χ2v) is 4.30. The van der Waals surface area contributed by atoms with Crippen molar-refractivity contribution in [2.75, 3.05) is 26.7 Å². The van der Waals surface area contributed by atoms with Crippen LogP contribution in [0.4, 0.5) is 4.79 Å². The van der Waals surface area contributed by atoms with Crippen molar-refractivity contribution in [3.63, 3.8) is 0 Å². The topological polar surface area (TPSA) is 99.1 Å². The van der Waals surface area contributed by atoms with E-state index in [1.165, 1.54) is 0 Å². The van der Waals surface area contributed by atoms with E-state index in [1.54, 1.807) is 12.0 Å². The second kappa shape index (κ2) is 7.17. The number of carbonyl (C=O) groups excluding carboxylic acids is 1. The Labute approximate surface area is 106 Å². The van der Waals surface area contributed by atoms with Crippen LogP contribution in [-0.2, 0) is 9.53 Å². The first-order valence-electron chi connectivity index (χ1n) is 6.01. The molecule has 0 aliphatic carbocycles. The molecule has 1 aliphatic heterocycles. The maximum absolute atomic E-state index is 11.7. The average Bonchev–Trinajstić information content (AvgIpc) is 2.38. The molecule has 1 fully saturated rings. The van der Waals surface area contributed by atoms with E-state index in [0.29, 0.717) is 13.1 Å². The molecular formula is C11H20N2O5. The van der Waals surface area contributed by atoms with Gasteiger partial charge >= 0.3 is 12.0 Å². The van der Waals surface area contributed by atoms with Gasteiger partial charge in [-0.3, -0.25) is 0 Å². The number of nitrogens with one attached hydrogen (secondary N) is 1. The lowest BCUT2D eigenvalue weighted by molar-refractivity contribution is -0.146. The third-order valence-corrected chi connectivity index (χ3v) is 3.04. The quantitative estimate of drug-likeness (QED) is 0.627. The molecular weight excluding hydrogens is 240 g/mol. The lowest BCUT2D eigenvalue weighted by atomic mass is 10.1. The number of carboxylic acids is 1. The van der Waals surface area contributed by atoms with Crippen LogP contribution in [0, 0.1) is 0 Å². The summed E-state index contributed by atoms with van der Waals surface area (Å²) in [5.41, 5.74) is 0. The highest BCUT2D eigenvalue weighted by Crippen LogP contribution is 2.12. The Hall–Kier alpha value is -1.34. The van der Waals surface area contributed by atoms with Gasteiger partial charge in [-0.25, -0.2) is 9.59 Å². The largest absolute Gasteiger partial charge is 0.479 e. The molecule has 0 spiro atoms. The number of aliphatic hydroxyl groups is 1. The molecule has 0 saturated carbocycles. The van der Waals surface area contributed by atoms with Crippen LogP contribution in [0.2, 0.25) is 0 Å². The molecule has 0 aromatic heterocycles. The predicted molar refractivity (Wildman–Crippen MR) is 63.3 cm³/mol. The molecule has 1 rings (SSSR count). The Bertz CT molecular complexity index is 289. The first-order chi connectivity index (χ1) is 8.54. The third-order valence-electron chi connectivity index (χ3n) is 3.04. The Kier molecular flexibility index (Phi) is 5.87. The van der Waals surface area contributed by atoms with Crippen molar-refractivity contribution in [2.24, 2.45) is 0 Å². The van der Waals surface area contributed by atoms with E-state index in [4.69, 9.17) is 14.9 Å². The van der Waals surface area contributed by atoms with E-state index in [9.17, 15) is 9.59 Å². The number of hydrogen-bond acceptors (Lipinski definition) is 4. The minimum absolute atomic E-state index is 0.00953. The van der Waals surface area contributed by atoms with Gasteiger partial charge in [-0.1, -0.05) is 0 Å². The van der Waals surface area contributed by atoms with Crippen molar-refractivity contribution in [3.05, 3.63) is 0 Å². The van der Waals surface area contributed by atoms with Gasteiger partial charge in [-0.05, 0) is 12.8 Å². The molecule has 2 amide bonds. The fraction of sp³-hybridized carbons (Fsp3) is 0.818. The molecule has 1 aliphatic rings. The molecule has 1 saturated heterocycles. The van der Waals surface area contributed by atoms with Crippen LogP contribution < -0.4 is 5.32 Å². The Morgan fingerprint density at radius 2 is 2.06 bits per heavy atom. The summed E-state index contributed by atoms with van der Waals surface area (Å²) >= 11 is 0. The summed E-state index contributed by atoms with van der Waals surface area (Å²) in [7, 11) is 1.66. The fourth-order valence-corrected chi connectivity index (χ4v) is 1.85. The maximum Gasteiger partial charge on any atom is 0.332 e. The van der Waals surface area contributed by atoms with E-state index >= 15 is 0 Å². The number of piperidine rings is 1.